The van der Waals surface area contributed by atoms with E-state index in [9.17, 15) is 9.59 Å². The molecule has 152 valence electrons. The Balaban J connectivity index is 1.46. The van der Waals surface area contributed by atoms with Gasteiger partial charge in [0.1, 0.15) is 0 Å². The Labute approximate surface area is 172 Å². The van der Waals surface area contributed by atoms with Gasteiger partial charge in [-0.25, -0.2) is 0 Å². The molecule has 2 aliphatic rings. The average molecular weight is 392 g/mol. The molecular formula is C24H29N3O2. The third kappa shape index (κ3) is 4.67. The van der Waals surface area contributed by atoms with Crippen LogP contribution in [0.25, 0.3) is 0 Å². The lowest BCUT2D eigenvalue weighted by atomic mass is 9.97. The average Bonchev–Trinajstić information content (AvgIpc) is 3.11. The van der Waals surface area contributed by atoms with E-state index in [4.69, 9.17) is 0 Å². The largest absolute Gasteiger partial charge is 0.345 e. The number of hydrogen-bond acceptors (Lipinski definition) is 3. The van der Waals surface area contributed by atoms with Crippen molar-refractivity contribution in [1.29, 1.82) is 0 Å². The monoisotopic (exact) mass is 391 g/mol. The van der Waals surface area contributed by atoms with Crippen molar-refractivity contribution in [3.8, 4) is 0 Å². The second-order valence-corrected chi connectivity index (χ2v) is 8.27. The van der Waals surface area contributed by atoms with Crippen LogP contribution in [0.2, 0.25) is 0 Å². The smallest absolute Gasteiger partial charge is 0.251 e. The molecule has 4 rings (SSSR count). The first-order valence-electron chi connectivity index (χ1n) is 10.5. The van der Waals surface area contributed by atoms with E-state index in [0.717, 1.165) is 18.4 Å². The van der Waals surface area contributed by atoms with Crippen LogP contribution in [0, 0.1) is 0 Å². The summed E-state index contributed by atoms with van der Waals surface area (Å²) in [5, 5.41) is 6.70. The van der Waals surface area contributed by atoms with E-state index >= 15 is 0 Å². The van der Waals surface area contributed by atoms with Gasteiger partial charge in [0, 0.05) is 30.7 Å². The van der Waals surface area contributed by atoms with Crippen LogP contribution in [0.15, 0.2) is 60.7 Å². The molecule has 3 unspecified atom stereocenters. The van der Waals surface area contributed by atoms with E-state index in [1.807, 2.05) is 60.5 Å². The van der Waals surface area contributed by atoms with E-state index in [2.05, 4.69) is 10.6 Å². The summed E-state index contributed by atoms with van der Waals surface area (Å²) in [6.07, 6.45) is 4.72. The standard InChI is InChI=1S/C24H29N3O2/c1-27(21-14-19-12-13-20(15-21)25-19)23(28)16-22(17-8-4-2-5-9-17)26-24(29)18-10-6-3-7-11-18/h2-11,19-22,25H,12-16H2,1H3,(H,26,29). The zero-order valence-corrected chi connectivity index (χ0v) is 16.9. The highest BCUT2D eigenvalue weighted by atomic mass is 16.2. The summed E-state index contributed by atoms with van der Waals surface area (Å²) >= 11 is 0. The van der Waals surface area contributed by atoms with Gasteiger partial charge in [-0.2, -0.15) is 0 Å². The molecule has 2 amide bonds. The lowest BCUT2D eigenvalue weighted by Crippen LogP contribution is -2.49. The predicted octanol–water partition coefficient (Wildman–Crippen LogP) is 3.29. The van der Waals surface area contributed by atoms with Crippen molar-refractivity contribution in [2.45, 2.75) is 56.3 Å². The van der Waals surface area contributed by atoms with Crippen LogP contribution in [0.4, 0.5) is 0 Å². The highest BCUT2D eigenvalue weighted by molar-refractivity contribution is 5.94. The molecule has 2 aromatic rings. The Kier molecular flexibility index (Phi) is 5.95. The molecule has 3 atom stereocenters. The lowest BCUT2D eigenvalue weighted by Gasteiger charge is -2.36. The first-order chi connectivity index (χ1) is 14.1. The molecule has 29 heavy (non-hydrogen) atoms. The number of piperidine rings is 1. The molecule has 0 spiro atoms. The topological polar surface area (TPSA) is 61.4 Å². The third-order valence-electron chi connectivity index (χ3n) is 6.31. The summed E-state index contributed by atoms with van der Waals surface area (Å²) in [4.78, 5) is 27.8. The molecule has 5 heteroatoms. The highest BCUT2D eigenvalue weighted by Gasteiger charge is 2.36. The molecule has 0 radical (unpaired) electrons. The minimum absolute atomic E-state index is 0.0820. The number of benzene rings is 2. The van der Waals surface area contributed by atoms with Crippen LogP contribution in [0.5, 0.6) is 0 Å². The van der Waals surface area contributed by atoms with E-state index in [1.54, 1.807) is 12.1 Å². The van der Waals surface area contributed by atoms with Gasteiger partial charge in [-0.3, -0.25) is 9.59 Å². The third-order valence-corrected chi connectivity index (χ3v) is 6.31. The SMILES string of the molecule is CN(C(=O)CC(NC(=O)c1ccccc1)c1ccccc1)C1CC2CCC(C1)N2. The molecule has 2 aromatic carbocycles. The molecule has 2 aliphatic heterocycles. The molecule has 0 aliphatic carbocycles. The molecule has 0 saturated carbocycles. The lowest BCUT2D eigenvalue weighted by molar-refractivity contribution is -0.133. The molecule has 2 fully saturated rings. The van der Waals surface area contributed by atoms with Crippen molar-refractivity contribution in [2.75, 3.05) is 7.05 Å². The van der Waals surface area contributed by atoms with E-state index in [0.29, 0.717) is 17.6 Å². The second-order valence-electron chi connectivity index (χ2n) is 8.27. The fourth-order valence-electron chi connectivity index (χ4n) is 4.63. The number of rotatable bonds is 6. The van der Waals surface area contributed by atoms with Crippen LogP contribution in [0.3, 0.4) is 0 Å². The van der Waals surface area contributed by atoms with Crippen LogP contribution in [0.1, 0.15) is 54.1 Å². The van der Waals surface area contributed by atoms with Crippen molar-refractivity contribution >= 4 is 11.8 Å². The van der Waals surface area contributed by atoms with Gasteiger partial charge in [-0.1, -0.05) is 48.5 Å². The molecule has 2 saturated heterocycles. The van der Waals surface area contributed by atoms with Gasteiger partial charge >= 0.3 is 0 Å². The molecular weight excluding hydrogens is 362 g/mol. The van der Waals surface area contributed by atoms with Crippen molar-refractivity contribution < 1.29 is 9.59 Å². The Morgan fingerprint density at radius 1 is 1.00 bits per heavy atom. The van der Waals surface area contributed by atoms with Gasteiger partial charge < -0.3 is 15.5 Å². The van der Waals surface area contributed by atoms with E-state index in [-0.39, 0.29) is 30.3 Å². The quantitative estimate of drug-likeness (QED) is 0.794. The Morgan fingerprint density at radius 2 is 1.59 bits per heavy atom. The van der Waals surface area contributed by atoms with Gasteiger partial charge in [-0.05, 0) is 43.4 Å². The number of carbonyl (C=O) groups excluding carboxylic acids is 2. The van der Waals surface area contributed by atoms with Gasteiger partial charge in [0.2, 0.25) is 5.91 Å². The highest BCUT2D eigenvalue weighted by Crippen LogP contribution is 2.30. The fourth-order valence-corrected chi connectivity index (χ4v) is 4.63. The number of hydrogen-bond donors (Lipinski definition) is 2. The summed E-state index contributed by atoms with van der Waals surface area (Å²) in [7, 11) is 1.92. The number of nitrogens with zero attached hydrogens (tertiary/aromatic N) is 1. The number of carbonyl (C=O) groups is 2. The Hall–Kier alpha value is -2.66. The maximum absolute atomic E-state index is 13.1. The molecule has 5 nitrogen and oxygen atoms in total. The molecule has 0 aromatic heterocycles. The van der Waals surface area contributed by atoms with Crippen molar-refractivity contribution in [1.82, 2.24) is 15.5 Å². The van der Waals surface area contributed by atoms with Crippen LogP contribution in [-0.4, -0.2) is 41.9 Å². The number of nitrogens with one attached hydrogen (secondary N) is 2. The van der Waals surface area contributed by atoms with E-state index in [1.165, 1.54) is 12.8 Å². The number of fused-ring (bicyclic) bond motifs is 2. The zero-order valence-electron chi connectivity index (χ0n) is 16.9. The first-order valence-corrected chi connectivity index (χ1v) is 10.5. The normalized spacial score (nSPS) is 24.0. The maximum Gasteiger partial charge on any atom is 0.251 e. The summed E-state index contributed by atoms with van der Waals surface area (Å²) in [5.74, 6) is -0.0756. The summed E-state index contributed by atoms with van der Waals surface area (Å²) in [6, 6.07) is 19.9. The summed E-state index contributed by atoms with van der Waals surface area (Å²) < 4.78 is 0. The molecule has 2 N–H and O–H groups in total. The molecule has 2 heterocycles. The first kappa shape index (κ1) is 19.6. The maximum atomic E-state index is 13.1. The minimum Gasteiger partial charge on any atom is -0.345 e. The van der Waals surface area contributed by atoms with Gasteiger partial charge in [-0.15, -0.1) is 0 Å². The zero-order chi connectivity index (χ0) is 20.2. The Morgan fingerprint density at radius 3 is 2.21 bits per heavy atom. The van der Waals surface area contributed by atoms with Gasteiger partial charge in [0.25, 0.3) is 5.91 Å². The minimum atomic E-state index is -0.350. The van der Waals surface area contributed by atoms with Crippen LogP contribution < -0.4 is 10.6 Å². The summed E-state index contributed by atoms with van der Waals surface area (Å²) in [6.45, 7) is 0. The Bertz CT molecular complexity index is 828. The van der Waals surface area contributed by atoms with Gasteiger partial charge in [0.05, 0.1) is 12.5 Å². The van der Waals surface area contributed by atoms with Gasteiger partial charge in [0.15, 0.2) is 0 Å². The van der Waals surface area contributed by atoms with Crippen molar-refractivity contribution in [2.24, 2.45) is 0 Å². The van der Waals surface area contributed by atoms with Crippen LogP contribution >= 0.6 is 0 Å². The molecule has 2 bridgehead atoms. The van der Waals surface area contributed by atoms with Crippen molar-refractivity contribution in [3.05, 3.63) is 71.8 Å². The fraction of sp³-hybridized carbons (Fsp3) is 0.417. The van der Waals surface area contributed by atoms with E-state index < -0.39 is 0 Å². The van der Waals surface area contributed by atoms with Crippen LogP contribution in [-0.2, 0) is 4.79 Å². The second kappa shape index (κ2) is 8.78. The number of amides is 2. The predicted molar refractivity (Wildman–Crippen MR) is 113 cm³/mol. The summed E-state index contributed by atoms with van der Waals surface area (Å²) in [5.41, 5.74) is 1.55. The van der Waals surface area contributed by atoms with Crippen molar-refractivity contribution in [3.63, 3.8) is 0 Å².